The maximum absolute atomic E-state index is 5.33. The molecule has 3 rings (SSSR count). The number of unbranched alkanes of at least 4 members (excludes halogenated alkanes) is 3. The molecule has 0 amide bonds. The van der Waals surface area contributed by atoms with Gasteiger partial charge in [0.1, 0.15) is 0 Å². The Balaban J connectivity index is 0.000000266. The highest BCUT2D eigenvalue weighted by atomic mass is 14.8. The summed E-state index contributed by atoms with van der Waals surface area (Å²) in [6.07, 6.45) is 10.5. The van der Waals surface area contributed by atoms with Gasteiger partial charge in [-0.1, -0.05) is 40.2 Å². The zero-order chi connectivity index (χ0) is 20.6. The van der Waals surface area contributed by atoms with Crippen LogP contribution in [0.15, 0.2) is 18.7 Å². The molecule has 0 spiro atoms. The van der Waals surface area contributed by atoms with Gasteiger partial charge in [-0.2, -0.15) is 0 Å². The van der Waals surface area contributed by atoms with Crippen LogP contribution in [-0.2, 0) is 12.8 Å². The highest BCUT2D eigenvalue weighted by molar-refractivity contribution is 5.79. The van der Waals surface area contributed by atoms with Crippen molar-refractivity contribution in [2.24, 2.45) is 17.1 Å². The number of aryl methyl sites for hydroxylation is 1. The first kappa shape index (κ1) is 22.6. The molecule has 1 unspecified atom stereocenters. The van der Waals surface area contributed by atoms with Crippen LogP contribution in [0.2, 0.25) is 0 Å². The number of pyridine rings is 1. The Morgan fingerprint density at radius 1 is 1.25 bits per heavy atom. The van der Waals surface area contributed by atoms with Crippen molar-refractivity contribution >= 4 is 17.1 Å². The van der Waals surface area contributed by atoms with Gasteiger partial charge in [0.2, 0.25) is 0 Å². The van der Waals surface area contributed by atoms with E-state index in [0.29, 0.717) is 5.41 Å². The Labute approximate surface area is 171 Å². The van der Waals surface area contributed by atoms with Crippen molar-refractivity contribution in [3.8, 4) is 0 Å². The number of fused-ring (bicyclic) bond motifs is 2. The van der Waals surface area contributed by atoms with E-state index in [0.717, 1.165) is 48.6 Å². The summed E-state index contributed by atoms with van der Waals surface area (Å²) in [6.45, 7) is 12.8. The number of H-pyrrole nitrogens is 1. The molecule has 156 valence electrons. The molecular weight excluding hydrogens is 344 g/mol. The number of nitrogens with two attached hydrogens (primary N) is 1. The Morgan fingerprint density at radius 3 is 2.64 bits per heavy atom. The molecule has 0 radical (unpaired) electrons. The molecular formula is C24H40N4. The van der Waals surface area contributed by atoms with Crippen LogP contribution in [0.5, 0.6) is 0 Å². The summed E-state index contributed by atoms with van der Waals surface area (Å²) in [5, 5.41) is 3.11. The van der Waals surface area contributed by atoms with Gasteiger partial charge < -0.3 is 16.0 Å². The first-order valence-corrected chi connectivity index (χ1v) is 10.9. The molecule has 28 heavy (non-hydrogen) atoms. The van der Waals surface area contributed by atoms with E-state index in [2.05, 4.69) is 49.8 Å². The van der Waals surface area contributed by atoms with E-state index in [-0.39, 0.29) is 0 Å². The summed E-state index contributed by atoms with van der Waals surface area (Å²) < 4.78 is 0. The standard InChI is InChI=1S/C17H22N2.C7H18N2/c1-5-13-10-16-15(18-13)9-11-8-12(17(2,3)4)6-7-14(11)19-16;1-9-7-5-3-2-4-6-8/h5,9-10,12,18H,1,6-8H2,2-4H3;9H,2-8H2,1H3. The lowest BCUT2D eigenvalue weighted by atomic mass is 9.71. The van der Waals surface area contributed by atoms with Crippen LogP contribution in [-0.4, -0.2) is 30.1 Å². The highest BCUT2D eigenvalue weighted by Gasteiger charge is 2.29. The SMILES string of the molecule is C=Cc1cc2nc3c(cc2[nH]1)CC(C(C)(C)C)CC3.CNCCCCCCN. The van der Waals surface area contributed by atoms with Crippen LogP contribution in [0.4, 0.5) is 0 Å². The summed E-state index contributed by atoms with van der Waals surface area (Å²) in [5.74, 6) is 0.757. The zero-order valence-electron chi connectivity index (χ0n) is 18.4. The van der Waals surface area contributed by atoms with Gasteiger partial charge in [0, 0.05) is 11.4 Å². The van der Waals surface area contributed by atoms with Gasteiger partial charge in [0.05, 0.1) is 11.0 Å². The van der Waals surface area contributed by atoms with Crippen molar-refractivity contribution in [3.63, 3.8) is 0 Å². The molecule has 1 aliphatic carbocycles. The molecule has 4 heteroatoms. The minimum atomic E-state index is 0.384. The predicted molar refractivity (Wildman–Crippen MR) is 123 cm³/mol. The molecule has 2 aromatic rings. The molecule has 2 heterocycles. The fourth-order valence-corrected chi connectivity index (χ4v) is 3.88. The third-order valence-electron chi connectivity index (χ3n) is 5.81. The first-order chi connectivity index (χ1) is 13.4. The average Bonchev–Trinajstić information content (AvgIpc) is 3.07. The van der Waals surface area contributed by atoms with Crippen LogP contribution in [0.25, 0.3) is 17.1 Å². The minimum absolute atomic E-state index is 0.384. The minimum Gasteiger partial charge on any atom is -0.354 e. The van der Waals surface area contributed by atoms with Gasteiger partial charge in [-0.25, -0.2) is 0 Å². The molecule has 0 saturated carbocycles. The zero-order valence-corrected chi connectivity index (χ0v) is 18.4. The molecule has 2 aromatic heterocycles. The molecule has 1 aliphatic rings. The van der Waals surface area contributed by atoms with Crippen molar-refractivity contribution in [1.29, 1.82) is 0 Å². The third kappa shape index (κ3) is 6.46. The number of nitrogens with one attached hydrogen (secondary N) is 2. The van der Waals surface area contributed by atoms with Crippen molar-refractivity contribution in [3.05, 3.63) is 35.7 Å². The van der Waals surface area contributed by atoms with Crippen molar-refractivity contribution < 1.29 is 0 Å². The summed E-state index contributed by atoms with van der Waals surface area (Å²) >= 11 is 0. The summed E-state index contributed by atoms with van der Waals surface area (Å²) in [5.41, 5.74) is 11.7. The maximum atomic E-state index is 5.33. The van der Waals surface area contributed by atoms with E-state index in [1.165, 1.54) is 43.4 Å². The Bertz CT molecular complexity index is 733. The second kappa shape index (κ2) is 10.8. The number of aromatic nitrogens is 2. The van der Waals surface area contributed by atoms with Gasteiger partial charge in [0.15, 0.2) is 0 Å². The number of aromatic amines is 1. The fraction of sp³-hybridized carbons (Fsp3) is 0.625. The molecule has 0 saturated heterocycles. The van der Waals surface area contributed by atoms with Crippen LogP contribution in [0.1, 0.15) is 69.8 Å². The van der Waals surface area contributed by atoms with E-state index in [4.69, 9.17) is 10.7 Å². The molecule has 0 aromatic carbocycles. The third-order valence-corrected chi connectivity index (χ3v) is 5.81. The largest absolute Gasteiger partial charge is 0.354 e. The van der Waals surface area contributed by atoms with Gasteiger partial charge in [0.25, 0.3) is 0 Å². The van der Waals surface area contributed by atoms with E-state index < -0.39 is 0 Å². The lowest BCUT2D eigenvalue weighted by Gasteiger charge is -2.34. The van der Waals surface area contributed by atoms with E-state index in [9.17, 15) is 0 Å². The monoisotopic (exact) mass is 384 g/mol. The van der Waals surface area contributed by atoms with Crippen LogP contribution in [0.3, 0.4) is 0 Å². The van der Waals surface area contributed by atoms with Crippen molar-refractivity contribution in [2.45, 2.75) is 65.7 Å². The van der Waals surface area contributed by atoms with Crippen molar-refractivity contribution in [1.82, 2.24) is 15.3 Å². The topological polar surface area (TPSA) is 66.7 Å². The number of nitrogens with zero attached hydrogens (tertiary/aromatic N) is 1. The molecule has 0 aliphatic heterocycles. The predicted octanol–water partition coefficient (Wildman–Crippen LogP) is 5.08. The van der Waals surface area contributed by atoms with Gasteiger partial charge in [-0.05, 0) is 87.3 Å². The van der Waals surface area contributed by atoms with Crippen LogP contribution in [0, 0.1) is 11.3 Å². The number of rotatable bonds is 7. The molecule has 4 nitrogen and oxygen atoms in total. The van der Waals surface area contributed by atoms with Gasteiger partial charge in [-0.15, -0.1) is 0 Å². The number of hydrogen-bond acceptors (Lipinski definition) is 3. The fourth-order valence-electron chi connectivity index (χ4n) is 3.88. The lowest BCUT2D eigenvalue weighted by molar-refractivity contribution is 0.215. The lowest BCUT2D eigenvalue weighted by Crippen LogP contribution is -2.27. The van der Waals surface area contributed by atoms with E-state index >= 15 is 0 Å². The molecule has 0 bridgehead atoms. The van der Waals surface area contributed by atoms with Gasteiger partial charge in [-0.3, -0.25) is 4.98 Å². The highest BCUT2D eigenvalue weighted by Crippen LogP contribution is 2.37. The summed E-state index contributed by atoms with van der Waals surface area (Å²) in [6, 6.07) is 4.38. The van der Waals surface area contributed by atoms with Gasteiger partial charge >= 0.3 is 0 Å². The van der Waals surface area contributed by atoms with Crippen LogP contribution >= 0.6 is 0 Å². The normalized spacial score (nSPS) is 16.4. The average molecular weight is 385 g/mol. The Morgan fingerprint density at radius 2 is 2.00 bits per heavy atom. The molecule has 4 N–H and O–H groups in total. The van der Waals surface area contributed by atoms with Crippen molar-refractivity contribution in [2.75, 3.05) is 20.1 Å². The first-order valence-electron chi connectivity index (χ1n) is 10.9. The quantitative estimate of drug-likeness (QED) is 0.583. The molecule has 1 atom stereocenters. The smallest absolute Gasteiger partial charge is 0.0888 e. The van der Waals surface area contributed by atoms with E-state index in [1.807, 2.05) is 13.1 Å². The molecule has 0 fully saturated rings. The second-order valence-corrected chi connectivity index (χ2v) is 9.07. The second-order valence-electron chi connectivity index (χ2n) is 9.07. The summed E-state index contributed by atoms with van der Waals surface area (Å²) in [4.78, 5) is 8.19. The summed E-state index contributed by atoms with van der Waals surface area (Å²) in [7, 11) is 1.99. The van der Waals surface area contributed by atoms with E-state index in [1.54, 1.807) is 0 Å². The number of hydrogen-bond donors (Lipinski definition) is 3. The van der Waals surface area contributed by atoms with Crippen LogP contribution < -0.4 is 11.1 Å². The Hall–Kier alpha value is -1.65. The Kier molecular flexibility index (Phi) is 8.71. The maximum Gasteiger partial charge on any atom is 0.0888 e.